The standard InChI is InChI=1S/C28H26N2O6S/c31-25-17-22(13-8-16-37(34,35)24-15-7-14-23(18-24)36-19-26(32)33)28(30-29-25)27(20-9-3-1-4-10-20)21-11-5-2-6-12-21/h1-7,9-12,14-15,17-18,27H,8,13,16,19H2,(H,29,31)(H,32,33). The number of aliphatic carboxylic acids is 1. The molecule has 0 saturated heterocycles. The number of rotatable bonds is 11. The van der Waals surface area contributed by atoms with E-state index in [2.05, 4.69) is 10.2 Å². The lowest BCUT2D eigenvalue weighted by Crippen LogP contribution is -2.17. The highest BCUT2D eigenvalue weighted by molar-refractivity contribution is 7.91. The molecule has 1 heterocycles. The number of nitrogens with zero attached hydrogens (tertiary/aromatic N) is 1. The molecule has 0 aliphatic carbocycles. The summed E-state index contributed by atoms with van der Waals surface area (Å²) in [6, 6.07) is 26.9. The number of nitrogens with one attached hydrogen (secondary N) is 1. The summed E-state index contributed by atoms with van der Waals surface area (Å²) in [5, 5.41) is 15.7. The van der Waals surface area contributed by atoms with Gasteiger partial charge in [0, 0.05) is 6.07 Å². The van der Waals surface area contributed by atoms with Crippen molar-refractivity contribution in [1.82, 2.24) is 10.2 Å². The summed E-state index contributed by atoms with van der Waals surface area (Å²) in [5.41, 5.74) is 2.99. The molecule has 190 valence electrons. The molecule has 0 saturated carbocycles. The second-order valence-electron chi connectivity index (χ2n) is 8.48. The summed E-state index contributed by atoms with van der Waals surface area (Å²) in [6.07, 6.45) is 0.591. The number of aromatic nitrogens is 2. The molecule has 4 aromatic rings. The first-order chi connectivity index (χ1) is 17.8. The molecule has 3 aromatic carbocycles. The van der Waals surface area contributed by atoms with E-state index in [0.29, 0.717) is 17.7 Å². The molecule has 0 atom stereocenters. The first-order valence-electron chi connectivity index (χ1n) is 11.7. The maximum atomic E-state index is 13.0. The van der Waals surface area contributed by atoms with E-state index in [-0.39, 0.29) is 34.3 Å². The van der Waals surface area contributed by atoms with Crippen LogP contribution in [0.15, 0.2) is 101 Å². The van der Waals surface area contributed by atoms with Gasteiger partial charge in [-0.05, 0) is 47.7 Å². The first kappa shape index (κ1) is 25.8. The number of carboxylic acids is 1. The van der Waals surface area contributed by atoms with Gasteiger partial charge in [0.25, 0.3) is 5.56 Å². The van der Waals surface area contributed by atoms with Crippen LogP contribution in [0.5, 0.6) is 5.75 Å². The smallest absolute Gasteiger partial charge is 0.341 e. The van der Waals surface area contributed by atoms with Crippen LogP contribution < -0.4 is 10.3 Å². The van der Waals surface area contributed by atoms with Gasteiger partial charge in [0.15, 0.2) is 16.4 Å². The van der Waals surface area contributed by atoms with Crippen molar-refractivity contribution in [3.05, 3.63) is 124 Å². The van der Waals surface area contributed by atoms with Gasteiger partial charge in [-0.25, -0.2) is 18.3 Å². The highest BCUT2D eigenvalue weighted by Crippen LogP contribution is 2.32. The number of aryl methyl sites for hydroxylation is 1. The Hall–Kier alpha value is -4.24. The molecule has 37 heavy (non-hydrogen) atoms. The highest BCUT2D eigenvalue weighted by Gasteiger charge is 2.23. The summed E-state index contributed by atoms with van der Waals surface area (Å²) < 4.78 is 31.1. The van der Waals surface area contributed by atoms with E-state index in [4.69, 9.17) is 9.84 Å². The molecule has 2 N–H and O–H groups in total. The van der Waals surface area contributed by atoms with Crippen LogP contribution >= 0.6 is 0 Å². The number of H-pyrrole nitrogens is 1. The molecule has 0 fully saturated rings. The third-order valence-corrected chi connectivity index (χ3v) is 7.64. The maximum Gasteiger partial charge on any atom is 0.341 e. The molecule has 0 amide bonds. The fraction of sp³-hybridized carbons (Fsp3) is 0.179. The Kier molecular flexibility index (Phi) is 8.15. The number of carboxylic acid groups (broad SMARTS) is 1. The van der Waals surface area contributed by atoms with Crippen LogP contribution in [0.3, 0.4) is 0 Å². The van der Waals surface area contributed by atoms with E-state index in [1.165, 1.54) is 30.3 Å². The first-order valence-corrected chi connectivity index (χ1v) is 13.3. The second-order valence-corrected chi connectivity index (χ2v) is 10.6. The lowest BCUT2D eigenvalue weighted by Gasteiger charge is -2.20. The predicted molar refractivity (Wildman–Crippen MR) is 139 cm³/mol. The second kappa shape index (κ2) is 11.7. The van der Waals surface area contributed by atoms with Gasteiger partial charge in [0.05, 0.1) is 22.3 Å². The Morgan fingerprint density at radius 3 is 2.19 bits per heavy atom. The van der Waals surface area contributed by atoms with Crippen LogP contribution in [0.4, 0.5) is 0 Å². The zero-order valence-corrected chi connectivity index (χ0v) is 20.7. The van der Waals surface area contributed by atoms with E-state index in [0.717, 1.165) is 11.1 Å². The lowest BCUT2D eigenvalue weighted by atomic mass is 9.85. The third-order valence-electron chi connectivity index (χ3n) is 5.85. The minimum atomic E-state index is -3.67. The number of hydrogen-bond donors (Lipinski definition) is 2. The van der Waals surface area contributed by atoms with Crippen molar-refractivity contribution >= 4 is 15.8 Å². The van der Waals surface area contributed by atoms with Crippen LogP contribution in [0.1, 0.15) is 34.7 Å². The molecule has 0 aliphatic rings. The van der Waals surface area contributed by atoms with Gasteiger partial charge in [-0.2, -0.15) is 5.10 Å². The van der Waals surface area contributed by atoms with E-state index >= 15 is 0 Å². The Morgan fingerprint density at radius 1 is 0.919 bits per heavy atom. The highest BCUT2D eigenvalue weighted by atomic mass is 32.2. The maximum absolute atomic E-state index is 13.0. The van der Waals surface area contributed by atoms with Crippen molar-refractivity contribution in [3.8, 4) is 5.75 Å². The van der Waals surface area contributed by atoms with Gasteiger partial charge in [-0.1, -0.05) is 66.7 Å². The summed E-state index contributed by atoms with van der Waals surface area (Å²) in [4.78, 5) is 23.0. The van der Waals surface area contributed by atoms with Crippen molar-refractivity contribution in [2.24, 2.45) is 0 Å². The fourth-order valence-electron chi connectivity index (χ4n) is 4.17. The normalized spacial score (nSPS) is 11.4. The third kappa shape index (κ3) is 6.71. The molecule has 0 aliphatic heterocycles. The molecule has 0 radical (unpaired) electrons. The van der Waals surface area contributed by atoms with E-state index in [1.807, 2.05) is 60.7 Å². The molecule has 0 bridgehead atoms. The minimum absolute atomic E-state index is 0.0473. The molecular formula is C28H26N2O6S. The largest absolute Gasteiger partial charge is 0.482 e. The van der Waals surface area contributed by atoms with Crippen LogP contribution in [-0.4, -0.2) is 42.1 Å². The fourth-order valence-corrected chi connectivity index (χ4v) is 5.52. The summed E-state index contributed by atoms with van der Waals surface area (Å²) >= 11 is 0. The van der Waals surface area contributed by atoms with Crippen molar-refractivity contribution in [1.29, 1.82) is 0 Å². The summed E-state index contributed by atoms with van der Waals surface area (Å²) in [6.45, 7) is -0.564. The number of hydrogen-bond acceptors (Lipinski definition) is 6. The van der Waals surface area contributed by atoms with Gasteiger partial charge >= 0.3 is 5.97 Å². The minimum Gasteiger partial charge on any atom is -0.482 e. The van der Waals surface area contributed by atoms with Crippen molar-refractivity contribution in [2.45, 2.75) is 23.7 Å². The predicted octanol–water partition coefficient (Wildman–Crippen LogP) is 3.82. The summed E-state index contributed by atoms with van der Waals surface area (Å²) in [5.74, 6) is -1.39. The van der Waals surface area contributed by atoms with E-state index in [9.17, 15) is 18.0 Å². The molecule has 0 unspecified atom stereocenters. The van der Waals surface area contributed by atoms with Crippen LogP contribution in [0.25, 0.3) is 0 Å². The van der Waals surface area contributed by atoms with Crippen LogP contribution in [0, 0.1) is 0 Å². The molecule has 8 nitrogen and oxygen atoms in total. The topological polar surface area (TPSA) is 126 Å². The zero-order valence-electron chi connectivity index (χ0n) is 19.9. The monoisotopic (exact) mass is 518 g/mol. The Labute approximate surface area is 214 Å². The molecule has 0 spiro atoms. The Bertz CT molecular complexity index is 1480. The van der Waals surface area contributed by atoms with Crippen molar-refractivity contribution in [2.75, 3.05) is 12.4 Å². The molecular weight excluding hydrogens is 492 g/mol. The Morgan fingerprint density at radius 2 is 1.57 bits per heavy atom. The number of benzene rings is 3. The van der Waals surface area contributed by atoms with Crippen molar-refractivity contribution < 1.29 is 23.1 Å². The van der Waals surface area contributed by atoms with Crippen LogP contribution in [-0.2, 0) is 21.1 Å². The molecule has 1 aromatic heterocycles. The van der Waals surface area contributed by atoms with Gasteiger partial charge in [0.2, 0.25) is 0 Å². The van der Waals surface area contributed by atoms with E-state index < -0.39 is 22.4 Å². The number of aromatic amines is 1. The average molecular weight is 519 g/mol. The van der Waals surface area contributed by atoms with E-state index in [1.54, 1.807) is 0 Å². The molecule has 9 heteroatoms. The number of sulfone groups is 1. The van der Waals surface area contributed by atoms with Gasteiger partial charge in [-0.15, -0.1) is 0 Å². The SMILES string of the molecule is O=C(O)COc1cccc(S(=O)(=O)CCCc2cc(=O)[nH]nc2C(c2ccccc2)c2ccccc2)c1. The quantitative estimate of drug-likeness (QED) is 0.309. The van der Waals surface area contributed by atoms with Crippen LogP contribution in [0.2, 0.25) is 0 Å². The lowest BCUT2D eigenvalue weighted by molar-refractivity contribution is -0.139. The van der Waals surface area contributed by atoms with Gasteiger partial charge < -0.3 is 9.84 Å². The van der Waals surface area contributed by atoms with Gasteiger partial charge in [-0.3, -0.25) is 4.79 Å². The van der Waals surface area contributed by atoms with Gasteiger partial charge in [0.1, 0.15) is 5.75 Å². The number of carbonyl (C=O) groups is 1. The number of ether oxygens (including phenoxy) is 1. The Balaban J connectivity index is 1.58. The summed E-state index contributed by atoms with van der Waals surface area (Å²) in [7, 11) is -3.67. The zero-order chi connectivity index (χ0) is 26.3. The van der Waals surface area contributed by atoms with Crippen molar-refractivity contribution in [3.63, 3.8) is 0 Å². The molecule has 4 rings (SSSR count). The average Bonchev–Trinajstić information content (AvgIpc) is 2.90.